The summed E-state index contributed by atoms with van der Waals surface area (Å²) in [6, 6.07) is 12.8. The summed E-state index contributed by atoms with van der Waals surface area (Å²) in [5.41, 5.74) is 11.2. The molecule has 0 atom stereocenters. The first kappa shape index (κ1) is 37.4. The van der Waals surface area contributed by atoms with Gasteiger partial charge in [-0.15, -0.1) is 22.7 Å². The van der Waals surface area contributed by atoms with Gasteiger partial charge >= 0.3 is 6.18 Å². The third kappa shape index (κ3) is 7.58. The van der Waals surface area contributed by atoms with E-state index in [2.05, 4.69) is 15.1 Å². The van der Waals surface area contributed by atoms with Crippen molar-refractivity contribution in [3.8, 4) is 22.3 Å². The highest BCUT2D eigenvalue weighted by Crippen LogP contribution is 2.38. The average molecular weight is 809 g/mol. The molecule has 6 rings (SSSR count). The van der Waals surface area contributed by atoms with E-state index in [1.165, 1.54) is 41.5 Å². The van der Waals surface area contributed by atoms with E-state index in [0.717, 1.165) is 47.3 Å². The van der Waals surface area contributed by atoms with Crippen LogP contribution in [-0.2, 0) is 55.3 Å². The summed E-state index contributed by atoms with van der Waals surface area (Å²) >= 11 is 1.67. The average Bonchev–Trinajstić information content (AvgIpc) is 3.89. The summed E-state index contributed by atoms with van der Waals surface area (Å²) in [6.07, 6.45) is 1.13. The Hall–Kier alpha value is -4.31. The molecule has 0 saturated heterocycles. The fourth-order valence-corrected chi connectivity index (χ4v) is 11.0. The second kappa shape index (κ2) is 13.9. The number of sulfone groups is 3. The Balaban J connectivity index is 1.37. The van der Waals surface area contributed by atoms with Gasteiger partial charge in [-0.3, -0.25) is 4.68 Å². The number of benzene rings is 3. The Labute approximate surface area is 304 Å². The predicted octanol–water partition coefficient (Wildman–Crippen LogP) is 5.18. The van der Waals surface area contributed by atoms with Crippen LogP contribution in [0.15, 0.2) is 109 Å². The summed E-state index contributed by atoms with van der Waals surface area (Å²) in [5, 5.41) is 4.98. The molecule has 3 aromatic carbocycles. The minimum Gasteiger partial charge on any atom is -0.325 e. The second-order valence-corrected chi connectivity index (χ2v) is 19.9. The molecule has 0 aliphatic heterocycles. The van der Waals surface area contributed by atoms with E-state index in [4.69, 9.17) is 11.5 Å². The molecule has 0 saturated carbocycles. The van der Waals surface area contributed by atoms with Crippen molar-refractivity contribution in [2.24, 2.45) is 11.5 Å². The quantitative estimate of drug-likeness (QED) is 0.175. The lowest BCUT2D eigenvalue weighted by molar-refractivity contribution is -0.137. The van der Waals surface area contributed by atoms with Crippen LogP contribution in [0.25, 0.3) is 22.3 Å². The molecular weight excluding hydrogens is 782 g/mol. The van der Waals surface area contributed by atoms with Crippen molar-refractivity contribution < 1.29 is 38.4 Å². The highest BCUT2D eigenvalue weighted by molar-refractivity contribution is 7.94. The molecule has 0 amide bonds. The number of rotatable bonds is 11. The molecule has 272 valence electrons. The van der Waals surface area contributed by atoms with Crippen molar-refractivity contribution in [3.63, 3.8) is 0 Å². The Morgan fingerprint density at radius 2 is 1.38 bits per heavy atom. The van der Waals surface area contributed by atoms with Crippen LogP contribution in [-0.4, -0.2) is 51.3 Å². The van der Waals surface area contributed by atoms with Gasteiger partial charge in [0.2, 0.25) is 19.7 Å². The van der Waals surface area contributed by atoms with Crippen LogP contribution in [0.1, 0.15) is 21.1 Å². The van der Waals surface area contributed by atoms with Crippen LogP contribution in [0.5, 0.6) is 0 Å². The maximum absolute atomic E-state index is 14.0. The maximum Gasteiger partial charge on any atom is 0.416 e. The zero-order valence-electron chi connectivity index (χ0n) is 26.8. The van der Waals surface area contributed by atoms with Crippen molar-refractivity contribution in [2.45, 2.75) is 48.9 Å². The standard InChI is InChI=1S/C32H27F3N6O6S5/c1-50(42,43)24-5-6-27(52(46,47)31-16-39-29(13-37)49-31)26(11-24)20-4-2-3-19(7-20)17-41-18-22(14-40-41)21-8-23(32(33,34)35)10-25(9-21)51(44,45)30-15-38-28(12-36)48-30/h2-11,14-16,18H,12-13,17,36-37H2,1H3. The highest BCUT2D eigenvalue weighted by atomic mass is 32.2. The third-order valence-corrected chi connectivity index (χ3v) is 15.3. The molecule has 0 fully saturated rings. The molecule has 3 heterocycles. The van der Waals surface area contributed by atoms with Crippen LogP contribution in [0, 0.1) is 0 Å². The Bertz CT molecular complexity index is 2650. The van der Waals surface area contributed by atoms with Gasteiger partial charge in [-0.2, -0.15) is 18.3 Å². The Kier molecular flexibility index (Phi) is 10.0. The first-order valence-electron chi connectivity index (χ1n) is 14.9. The summed E-state index contributed by atoms with van der Waals surface area (Å²) < 4.78 is 122. The lowest BCUT2D eigenvalue weighted by Gasteiger charge is -2.13. The molecular formula is C32H27F3N6O6S5. The van der Waals surface area contributed by atoms with E-state index in [1.54, 1.807) is 24.3 Å². The van der Waals surface area contributed by atoms with Crippen molar-refractivity contribution in [2.75, 3.05) is 6.26 Å². The number of alkyl halides is 3. The van der Waals surface area contributed by atoms with Crippen LogP contribution in [0.2, 0.25) is 0 Å². The van der Waals surface area contributed by atoms with E-state index in [0.29, 0.717) is 27.2 Å². The number of aromatic nitrogens is 4. The minimum absolute atomic E-state index is 0.0354. The summed E-state index contributed by atoms with van der Waals surface area (Å²) in [5.74, 6) is 0. The zero-order chi connectivity index (χ0) is 37.6. The predicted molar refractivity (Wildman–Crippen MR) is 188 cm³/mol. The van der Waals surface area contributed by atoms with Gasteiger partial charge in [0.25, 0.3) is 0 Å². The monoisotopic (exact) mass is 808 g/mol. The van der Waals surface area contributed by atoms with Gasteiger partial charge in [-0.1, -0.05) is 18.2 Å². The highest BCUT2D eigenvalue weighted by Gasteiger charge is 2.34. The van der Waals surface area contributed by atoms with Crippen LogP contribution in [0.4, 0.5) is 13.2 Å². The van der Waals surface area contributed by atoms with E-state index < -0.39 is 46.1 Å². The fourth-order valence-electron chi connectivity index (χ4n) is 5.16. The molecule has 12 nitrogen and oxygen atoms in total. The Morgan fingerprint density at radius 3 is 1.98 bits per heavy atom. The Morgan fingerprint density at radius 1 is 0.731 bits per heavy atom. The lowest BCUT2D eigenvalue weighted by atomic mass is 10.0. The number of nitrogens with zero attached hydrogens (tertiary/aromatic N) is 4. The van der Waals surface area contributed by atoms with Crippen molar-refractivity contribution in [3.05, 3.63) is 107 Å². The topological polar surface area (TPSA) is 198 Å². The summed E-state index contributed by atoms with van der Waals surface area (Å²) in [4.78, 5) is 7.11. The zero-order valence-corrected chi connectivity index (χ0v) is 30.9. The van der Waals surface area contributed by atoms with Crippen molar-refractivity contribution >= 4 is 52.2 Å². The van der Waals surface area contributed by atoms with Crippen LogP contribution < -0.4 is 11.5 Å². The molecule has 0 bridgehead atoms. The van der Waals surface area contributed by atoms with Crippen molar-refractivity contribution in [1.82, 2.24) is 19.7 Å². The molecule has 6 aromatic rings. The molecule has 0 aliphatic rings. The summed E-state index contributed by atoms with van der Waals surface area (Å²) in [6.45, 7) is 0.0592. The molecule has 4 N–H and O–H groups in total. The van der Waals surface area contributed by atoms with Crippen molar-refractivity contribution in [1.29, 1.82) is 0 Å². The number of nitrogens with two attached hydrogens (primary N) is 2. The minimum atomic E-state index is -4.86. The van der Waals surface area contributed by atoms with Crippen LogP contribution in [0.3, 0.4) is 0 Å². The maximum atomic E-state index is 14.0. The van der Waals surface area contributed by atoms with E-state index >= 15 is 0 Å². The van der Waals surface area contributed by atoms with Gasteiger partial charge in [-0.25, -0.2) is 35.2 Å². The number of hydrogen-bond acceptors (Lipinski definition) is 13. The lowest BCUT2D eigenvalue weighted by Crippen LogP contribution is -2.08. The van der Waals surface area contributed by atoms with E-state index in [-0.39, 0.29) is 54.5 Å². The van der Waals surface area contributed by atoms with Gasteiger partial charge in [0.15, 0.2) is 9.84 Å². The molecule has 0 unspecified atom stereocenters. The number of hydrogen-bond donors (Lipinski definition) is 2. The summed E-state index contributed by atoms with van der Waals surface area (Å²) in [7, 11) is -12.3. The largest absolute Gasteiger partial charge is 0.416 e. The normalized spacial score (nSPS) is 12.7. The molecule has 0 aliphatic carbocycles. The SMILES string of the molecule is CS(=O)(=O)c1ccc(S(=O)(=O)c2cnc(CN)s2)c(-c2cccc(Cn3cc(-c4cc(C(F)(F)F)cc(S(=O)(=O)c5cnc(CN)s5)c4)cn3)c2)c1. The molecule has 0 radical (unpaired) electrons. The van der Waals surface area contributed by atoms with Gasteiger partial charge in [0, 0.05) is 36.7 Å². The first-order valence-corrected chi connectivity index (χ1v) is 21.4. The fraction of sp³-hybridized carbons (Fsp3) is 0.156. The van der Waals surface area contributed by atoms with Crippen LogP contribution >= 0.6 is 22.7 Å². The number of thiazole rings is 2. The second-order valence-electron chi connectivity index (χ2n) is 11.4. The van der Waals surface area contributed by atoms with E-state index in [1.807, 2.05) is 0 Å². The molecule has 20 heteroatoms. The third-order valence-electron chi connectivity index (χ3n) is 7.71. The van der Waals surface area contributed by atoms with Gasteiger partial charge in [-0.05, 0) is 59.2 Å². The molecule has 0 spiro atoms. The first-order chi connectivity index (χ1) is 24.4. The van der Waals surface area contributed by atoms with E-state index in [9.17, 15) is 38.4 Å². The van der Waals surface area contributed by atoms with Gasteiger partial charge in [0.1, 0.15) is 18.4 Å². The number of halogens is 3. The molecule has 52 heavy (non-hydrogen) atoms. The smallest absolute Gasteiger partial charge is 0.325 e. The van der Waals surface area contributed by atoms with Gasteiger partial charge < -0.3 is 11.5 Å². The van der Waals surface area contributed by atoms with Gasteiger partial charge in [0.05, 0.1) is 45.4 Å². The molecule has 3 aromatic heterocycles.